The number of hydrogen-bond donors (Lipinski definition) is 1. The molecular formula is C22H26N2O6. The second-order valence-corrected chi connectivity index (χ2v) is 8.05. The van der Waals surface area contributed by atoms with Gasteiger partial charge in [0.2, 0.25) is 0 Å². The number of carbonyl (C=O) groups excluding carboxylic acids is 4. The van der Waals surface area contributed by atoms with Gasteiger partial charge in [0.15, 0.2) is 6.61 Å². The molecule has 0 aromatic heterocycles. The minimum Gasteiger partial charge on any atom is -0.452 e. The van der Waals surface area contributed by atoms with E-state index in [1.807, 2.05) is 0 Å². The molecule has 0 spiro atoms. The van der Waals surface area contributed by atoms with Crippen LogP contribution in [-0.2, 0) is 14.3 Å². The summed E-state index contributed by atoms with van der Waals surface area (Å²) in [5.41, 5.74) is 0.687. The molecule has 1 aliphatic carbocycles. The quantitative estimate of drug-likeness (QED) is 0.565. The Balaban J connectivity index is 1.35. The van der Waals surface area contributed by atoms with E-state index < -0.39 is 18.5 Å². The zero-order valence-electron chi connectivity index (χ0n) is 16.9. The second kappa shape index (κ2) is 8.95. The molecule has 8 nitrogen and oxygen atoms in total. The summed E-state index contributed by atoms with van der Waals surface area (Å²) in [7, 11) is 0. The van der Waals surface area contributed by atoms with Crippen LogP contribution in [0.25, 0.3) is 0 Å². The average molecular weight is 414 g/mol. The van der Waals surface area contributed by atoms with Gasteiger partial charge in [0.25, 0.3) is 17.7 Å². The Morgan fingerprint density at radius 2 is 1.80 bits per heavy atom. The first kappa shape index (κ1) is 20.5. The van der Waals surface area contributed by atoms with Crippen LogP contribution in [0.3, 0.4) is 0 Å². The molecule has 1 atom stereocenters. The van der Waals surface area contributed by atoms with Crippen molar-refractivity contribution in [1.29, 1.82) is 0 Å². The van der Waals surface area contributed by atoms with Gasteiger partial charge >= 0.3 is 5.97 Å². The number of hydrogen-bond acceptors (Lipinski definition) is 6. The molecule has 2 aliphatic heterocycles. The van der Waals surface area contributed by atoms with E-state index >= 15 is 0 Å². The summed E-state index contributed by atoms with van der Waals surface area (Å²) in [4.78, 5) is 51.1. The highest BCUT2D eigenvalue weighted by molar-refractivity contribution is 6.22. The molecule has 2 heterocycles. The number of fused-ring (bicyclic) bond motifs is 1. The first-order valence-corrected chi connectivity index (χ1v) is 10.6. The van der Waals surface area contributed by atoms with E-state index in [2.05, 4.69) is 5.32 Å². The second-order valence-electron chi connectivity index (χ2n) is 8.05. The fourth-order valence-electron chi connectivity index (χ4n) is 4.36. The average Bonchev–Trinajstić information content (AvgIpc) is 3.37. The monoisotopic (exact) mass is 414 g/mol. The van der Waals surface area contributed by atoms with Crippen LogP contribution in [0.5, 0.6) is 0 Å². The summed E-state index contributed by atoms with van der Waals surface area (Å²) >= 11 is 0. The van der Waals surface area contributed by atoms with Crippen molar-refractivity contribution in [2.75, 3.05) is 19.8 Å². The number of ether oxygens (including phenoxy) is 2. The lowest BCUT2D eigenvalue weighted by atomic mass is 9.94. The maximum absolute atomic E-state index is 12.8. The van der Waals surface area contributed by atoms with Gasteiger partial charge < -0.3 is 14.8 Å². The summed E-state index contributed by atoms with van der Waals surface area (Å²) in [6.45, 7) is 0.680. The molecule has 160 valence electrons. The molecule has 1 N–H and O–H groups in total. The molecule has 8 heteroatoms. The molecular weight excluding hydrogens is 388 g/mol. The highest BCUT2D eigenvalue weighted by atomic mass is 16.5. The Bertz CT molecular complexity index is 855. The predicted octanol–water partition coefficient (Wildman–Crippen LogP) is 2.07. The van der Waals surface area contributed by atoms with Gasteiger partial charge in [0, 0.05) is 19.2 Å². The summed E-state index contributed by atoms with van der Waals surface area (Å²) < 4.78 is 10.5. The van der Waals surface area contributed by atoms with Crippen LogP contribution in [0, 0.1) is 0 Å². The van der Waals surface area contributed by atoms with Crippen molar-refractivity contribution < 1.29 is 28.7 Å². The summed E-state index contributed by atoms with van der Waals surface area (Å²) in [5.74, 6) is -1.77. The van der Waals surface area contributed by atoms with E-state index in [4.69, 9.17) is 9.47 Å². The van der Waals surface area contributed by atoms with Gasteiger partial charge in [0.1, 0.15) is 0 Å². The third-order valence-electron chi connectivity index (χ3n) is 5.98. The number of imide groups is 1. The minimum atomic E-state index is -0.707. The maximum Gasteiger partial charge on any atom is 0.338 e. The first-order chi connectivity index (χ1) is 14.5. The van der Waals surface area contributed by atoms with Gasteiger partial charge in [-0.1, -0.05) is 19.3 Å². The number of esters is 1. The van der Waals surface area contributed by atoms with Crippen LogP contribution in [0.15, 0.2) is 18.2 Å². The SMILES string of the molecule is O=C(COC(=O)c1ccc2c(c1)C(=O)N(C1CCCCC1)C2=O)NC[C@H]1CCCO1. The predicted molar refractivity (Wildman–Crippen MR) is 106 cm³/mol. The molecule has 1 saturated carbocycles. The van der Waals surface area contributed by atoms with Gasteiger partial charge in [-0.2, -0.15) is 0 Å². The van der Waals surface area contributed by atoms with Crippen molar-refractivity contribution in [2.45, 2.75) is 57.1 Å². The molecule has 0 radical (unpaired) electrons. The van der Waals surface area contributed by atoms with Gasteiger partial charge in [-0.3, -0.25) is 19.3 Å². The van der Waals surface area contributed by atoms with E-state index in [-0.39, 0.29) is 35.1 Å². The smallest absolute Gasteiger partial charge is 0.338 e. The number of nitrogens with one attached hydrogen (secondary N) is 1. The molecule has 4 rings (SSSR count). The largest absolute Gasteiger partial charge is 0.452 e. The lowest BCUT2D eigenvalue weighted by Gasteiger charge is -2.29. The van der Waals surface area contributed by atoms with Gasteiger partial charge in [0.05, 0.1) is 22.8 Å². The van der Waals surface area contributed by atoms with Crippen LogP contribution in [0.1, 0.15) is 76.0 Å². The molecule has 0 unspecified atom stereocenters. The standard InChI is InChI=1S/C22H26N2O6/c25-19(23-12-16-7-4-10-29-16)13-30-22(28)14-8-9-17-18(11-14)21(27)24(20(17)26)15-5-2-1-3-6-15/h8-9,11,15-16H,1-7,10,12-13H2,(H,23,25)/t16-/m1/s1. The molecule has 3 amide bonds. The number of benzene rings is 1. The van der Waals surface area contributed by atoms with E-state index in [9.17, 15) is 19.2 Å². The van der Waals surface area contributed by atoms with E-state index in [1.54, 1.807) is 0 Å². The number of rotatable bonds is 6. The van der Waals surface area contributed by atoms with E-state index in [1.165, 1.54) is 23.1 Å². The van der Waals surface area contributed by atoms with Crippen molar-refractivity contribution in [3.05, 3.63) is 34.9 Å². The van der Waals surface area contributed by atoms with E-state index in [0.717, 1.165) is 44.9 Å². The van der Waals surface area contributed by atoms with Crippen molar-refractivity contribution >= 4 is 23.7 Å². The first-order valence-electron chi connectivity index (χ1n) is 10.6. The van der Waals surface area contributed by atoms with Crippen LogP contribution >= 0.6 is 0 Å². The zero-order valence-corrected chi connectivity index (χ0v) is 16.9. The molecule has 1 aromatic carbocycles. The third kappa shape index (κ3) is 4.23. The van der Waals surface area contributed by atoms with Crippen LogP contribution in [0.4, 0.5) is 0 Å². The highest BCUT2D eigenvalue weighted by Gasteiger charge is 2.40. The topological polar surface area (TPSA) is 102 Å². The lowest BCUT2D eigenvalue weighted by molar-refractivity contribution is -0.124. The van der Waals surface area contributed by atoms with Crippen LogP contribution in [-0.4, -0.2) is 60.5 Å². The number of amides is 3. The third-order valence-corrected chi connectivity index (χ3v) is 5.98. The Morgan fingerprint density at radius 1 is 1.03 bits per heavy atom. The summed E-state index contributed by atoms with van der Waals surface area (Å²) in [6, 6.07) is 4.27. The minimum absolute atomic E-state index is 0.0111. The van der Waals surface area contributed by atoms with Crippen molar-refractivity contribution in [3.8, 4) is 0 Å². The van der Waals surface area contributed by atoms with Crippen molar-refractivity contribution in [3.63, 3.8) is 0 Å². The lowest BCUT2D eigenvalue weighted by Crippen LogP contribution is -2.40. The summed E-state index contributed by atoms with van der Waals surface area (Å²) in [6.07, 6.45) is 6.67. The maximum atomic E-state index is 12.8. The molecule has 30 heavy (non-hydrogen) atoms. The Kier molecular flexibility index (Phi) is 6.13. The van der Waals surface area contributed by atoms with Gasteiger partial charge in [-0.15, -0.1) is 0 Å². The van der Waals surface area contributed by atoms with Crippen LogP contribution < -0.4 is 5.32 Å². The molecule has 2 fully saturated rings. The molecule has 0 bridgehead atoms. The zero-order chi connectivity index (χ0) is 21.1. The fraction of sp³-hybridized carbons (Fsp3) is 0.545. The fourth-order valence-corrected chi connectivity index (χ4v) is 4.36. The number of carbonyl (C=O) groups is 4. The van der Waals surface area contributed by atoms with Crippen molar-refractivity contribution in [1.82, 2.24) is 10.2 Å². The molecule has 1 saturated heterocycles. The van der Waals surface area contributed by atoms with Gasteiger partial charge in [-0.25, -0.2) is 4.79 Å². The number of nitrogens with zero attached hydrogens (tertiary/aromatic N) is 1. The van der Waals surface area contributed by atoms with Crippen molar-refractivity contribution in [2.24, 2.45) is 0 Å². The highest BCUT2D eigenvalue weighted by Crippen LogP contribution is 2.31. The van der Waals surface area contributed by atoms with E-state index in [0.29, 0.717) is 18.7 Å². The van der Waals surface area contributed by atoms with Crippen LogP contribution in [0.2, 0.25) is 0 Å². The van der Waals surface area contributed by atoms with Gasteiger partial charge in [-0.05, 0) is 43.9 Å². The summed E-state index contributed by atoms with van der Waals surface area (Å²) in [5, 5.41) is 2.68. The normalized spacial score (nSPS) is 21.6. The Labute approximate surface area is 174 Å². The Morgan fingerprint density at radius 3 is 2.53 bits per heavy atom. The molecule has 1 aromatic rings. The molecule has 3 aliphatic rings. The Hall–Kier alpha value is -2.74.